The Morgan fingerprint density at radius 3 is 2.71 bits per heavy atom. The molecule has 0 aliphatic carbocycles. The summed E-state index contributed by atoms with van der Waals surface area (Å²) in [5, 5.41) is -0.129. The highest BCUT2D eigenvalue weighted by molar-refractivity contribution is 8.00. The van der Waals surface area contributed by atoms with Crippen molar-refractivity contribution in [2.45, 2.75) is 42.8 Å². The van der Waals surface area contributed by atoms with Gasteiger partial charge in [-0.1, -0.05) is 0 Å². The maximum absolute atomic E-state index is 12.8. The smallest absolute Gasteiger partial charge is 0.329 e. The van der Waals surface area contributed by atoms with Gasteiger partial charge in [-0.3, -0.25) is 14.4 Å². The van der Waals surface area contributed by atoms with Crippen molar-refractivity contribution in [3.63, 3.8) is 0 Å². The average Bonchev–Trinajstić information content (AvgIpc) is 3.27. The molecule has 0 aromatic rings. The van der Waals surface area contributed by atoms with E-state index >= 15 is 0 Å². The van der Waals surface area contributed by atoms with Crippen molar-refractivity contribution >= 4 is 35.5 Å². The Hall–Kier alpha value is -1.77. The van der Waals surface area contributed by atoms with Crippen molar-refractivity contribution in [3.05, 3.63) is 0 Å². The zero-order valence-electron chi connectivity index (χ0n) is 13.3. The standard InChI is InChI=1S/C15H19N3O5S/c1-23-15(22)10-7-24-12-5-9(14(21)18(10)12)17-6-11(19)16-4-2-3-8(16)13(17)20/h8-10,12H,2-7H2,1H3/t8-,9+,10+,12+/m0/s1. The molecule has 0 spiro atoms. The van der Waals surface area contributed by atoms with Gasteiger partial charge in [0.1, 0.15) is 24.7 Å². The molecule has 0 bridgehead atoms. The largest absolute Gasteiger partial charge is 0.467 e. The van der Waals surface area contributed by atoms with E-state index in [1.165, 1.54) is 23.8 Å². The van der Waals surface area contributed by atoms with Gasteiger partial charge < -0.3 is 19.4 Å². The lowest BCUT2D eigenvalue weighted by atomic mass is 10.1. The highest BCUT2D eigenvalue weighted by Crippen LogP contribution is 2.40. The van der Waals surface area contributed by atoms with Crippen LogP contribution in [0.25, 0.3) is 0 Å². The van der Waals surface area contributed by atoms with Gasteiger partial charge in [0.15, 0.2) is 0 Å². The molecule has 4 saturated heterocycles. The number of esters is 1. The highest BCUT2D eigenvalue weighted by atomic mass is 32.2. The molecule has 0 aromatic heterocycles. The second kappa shape index (κ2) is 5.65. The molecule has 9 heteroatoms. The molecule has 0 saturated carbocycles. The van der Waals surface area contributed by atoms with Crippen molar-refractivity contribution in [2.75, 3.05) is 26.0 Å². The Kier molecular flexibility index (Phi) is 3.70. The van der Waals surface area contributed by atoms with Crippen molar-refractivity contribution in [3.8, 4) is 0 Å². The van der Waals surface area contributed by atoms with Gasteiger partial charge in [0.2, 0.25) is 17.7 Å². The molecule has 24 heavy (non-hydrogen) atoms. The fourth-order valence-corrected chi connectivity index (χ4v) is 5.61. The van der Waals surface area contributed by atoms with E-state index in [1.54, 1.807) is 9.80 Å². The maximum atomic E-state index is 12.8. The zero-order chi connectivity index (χ0) is 17.0. The molecule has 0 unspecified atom stereocenters. The van der Waals surface area contributed by atoms with Gasteiger partial charge in [-0.2, -0.15) is 0 Å². The summed E-state index contributed by atoms with van der Waals surface area (Å²) in [5.41, 5.74) is 0. The first kappa shape index (κ1) is 15.7. The summed E-state index contributed by atoms with van der Waals surface area (Å²) < 4.78 is 4.78. The monoisotopic (exact) mass is 353 g/mol. The zero-order valence-corrected chi connectivity index (χ0v) is 14.2. The summed E-state index contributed by atoms with van der Waals surface area (Å²) in [7, 11) is 1.31. The number of thioether (sulfide) groups is 1. The van der Waals surface area contributed by atoms with E-state index in [9.17, 15) is 19.2 Å². The van der Waals surface area contributed by atoms with Gasteiger partial charge in [-0.05, 0) is 12.8 Å². The first-order valence-electron chi connectivity index (χ1n) is 8.14. The molecule has 0 N–H and O–H groups in total. The lowest BCUT2D eigenvalue weighted by Gasteiger charge is -2.38. The summed E-state index contributed by atoms with van der Waals surface area (Å²) in [4.78, 5) is 54.4. The van der Waals surface area contributed by atoms with Crippen LogP contribution < -0.4 is 0 Å². The lowest BCUT2D eigenvalue weighted by Crippen LogP contribution is -2.61. The Morgan fingerprint density at radius 1 is 1.17 bits per heavy atom. The molecule has 0 aromatic carbocycles. The topological polar surface area (TPSA) is 87.2 Å². The minimum atomic E-state index is -0.644. The molecule has 0 radical (unpaired) electrons. The number of carbonyl (C=O) groups is 4. The molecule has 130 valence electrons. The molecular formula is C15H19N3O5S. The van der Waals surface area contributed by atoms with E-state index in [2.05, 4.69) is 0 Å². The second-order valence-corrected chi connectivity index (χ2v) is 7.75. The summed E-state index contributed by atoms with van der Waals surface area (Å²) in [6, 6.07) is -1.66. The van der Waals surface area contributed by atoms with Crippen LogP contribution in [0.15, 0.2) is 0 Å². The lowest BCUT2D eigenvalue weighted by molar-refractivity contribution is -0.159. The number of carbonyl (C=O) groups excluding carboxylic acids is 4. The minimum absolute atomic E-state index is 0.0418. The van der Waals surface area contributed by atoms with E-state index in [-0.39, 0.29) is 29.6 Å². The van der Waals surface area contributed by atoms with Crippen LogP contribution in [-0.4, -0.2) is 87.8 Å². The van der Waals surface area contributed by atoms with E-state index in [0.717, 1.165) is 6.42 Å². The number of ether oxygens (including phenoxy) is 1. The van der Waals surface area contributed by atoms with E-state index < -0.39 is 24.1 Å². The van der Waals surface area contributed by atoms with Gasteiger partial charge in [0.25, 0.3) is 0 Å². The van der Waals surface area contributed by atoms with Gasteiger partial charge in [-0.15, -0.1) is 11.8 Å². The number of piperazine rings is 1. The van der Waals surface area contributed by atoms with Crippen LogP contribution in [0, 0.1) is 0 Å². The fourth-order valence-electron chi connectivity index (χ4n) is 4.17. The van der Waals surface area contributed by atoms with E-state index in [4.69, 9.17) is 4.74 Å². The van der Waals surface area contributed by atoms with E-state index in [0.29, 0.717) is 25.1 Å². The third-order valence-corrected chi connectivity index (χ3v) is 6.67. The maximum Gasteiger partial charge on any atom is 0.329 e. The van der Waals surface area contributed by atoms with Crippen LogP contribution in [0.5, 0.6) is 0 Å². The van der Waals surface area contributed by atoms with Crippen LogP contribution in [0.3, 0.4) is 0 Å². The van der Waals surface area contributed by atoms with Gasteiger partial charge in [0.05, 0.1) is 12.5 Å². The Balaban J connectivity index is 1.55. The SMILES string of the molecule is COC(=O)[C@H]1CS[C@@H]2C[C@@H](N3CC(=O)N4CCC[C@H]4C3=O)C(=O)N12. The number of amides is 3. The first-order valence-corrected chi connectivity index (χ1v) is 9.19. The predicted molar refractivity (Wildman–Crippen MR) is 83.7 cm³/mol. The Bertz CT molecular complexity index is 626. The van der Waals surface area contributed by atoms with Gasteiger partial charge in [0, 0.05) is 18.7 Å². The molecule has 4 fully saturated rings. The first-order chi connectivity index (χ1) is 11.5. The molecular weight excluding hydrogens is 334 g/mol. The third kappa shape index (κ3) is 2.13. The van der Waals surface area contributed by atoms with Crippen LogP contribution in [-0.2, 0) is 23.9 Å². The molecule has 4 atom stereocenters. The number of nitrogens with zero attached hydrogens (tertiary/aromatic N) is 3. The second-order valence-electron chi connectivity index (χ2n) is 6.54. The van der Waals surface area contributed by atoms with Crippen molar-refractivity contribution in [2.24, 2.45) is 0 Å². The molecule has 4 rings (SSSR count). The molecule has 8 nitrogen and oxygen atoms in total. The Morgan fingerprint density at radius 2 is 1.96 bits per heavy atom. The average molecular weight is 353 g/mol. The van der Waals surface area contributed by atoms with Crippen LogP contribution in [0.1, 0.15) is 19.3 Å². The van der Waals surface area contributed by atoms with Crippen molar-refractivity contribution in [1.29, 1.82) is 0 Å². The molecule has 4 aliphatic heterocycles. The summed E-state index contributed by atoms with van der Waals surface area (Å²) >= 11 is 1.53. The number of rotatable bonds is 2. The van der Waals surface area contributed by atoms with Crippen LogP contribution in [0.4, 0.5) is 0 Å². The molecule has 4 aliphatic rings. The summed E-state index contributed by atoms with van der Waals surface area (Å²) in [5.74, 6) is -0.380. The normalized spacial score (nSPS) is 35.5. The number of methoxy groups -OCH3 is 1. The molecule has 4 heterocycles. The van der Waals surface area contributed by atoms with Crippen molar-refractivity contribution < 1.29 is 23.9 Å². The molecule has 3 amide bonds. The van der Waals surface area contributed by atoms with Crippen molar-refractivity contribution in [1.82, 2.24) is 14.7 Å². The number of hydrogen-bond acceptors (Lipinski definition) is 6. The fraction of sp³-hybridized carbons (Fsp3) is 0.733. The number of hydrogen-bond donors (Lipinski definition) is 0. The minimum Gasteiger partial charge on any atom is -0.467 e. The quantitative estimate of drug-likeness (QED) is 0.594. The van der Waals surface area contributed by atoms with Gasteiger partial charge >= 0.3 is 5.97 Å². The highest BCUT2D eigenvalue weighted by Gasteiger charge is 2.55. The van der Waals surface area contributed by atoms with Gasteiger partial charge in [-0.25, -0.2) is 4.79 Å². The Labute approximate surface area is 143 Å². The van der Waals surface area contributed by atoms with Crippen LogP contribution in [0.2, 0.25) is 0 Å². The third-order valence-electron chi connectivity index (χ3n) is 5.35. The summed E-state index contributed by atoms with van der Waals surface area (Å²) in [6.45, 7) is 0.580. The summed E-state index contributed by atoms with van der Waals surface area (Å²) in [6.07, 6.45) is 1.95. The van der Waals surface area contributed by atoms with E-state index in [1.807, 2.05) is 0 Å². The van der Waals surface area contributed by atoms with Crippen LogP contribution >= 0.6 is 11.8 Å². The number of fused-ring (bicyclic) bond motifs is 2. The predicted octanol–water partition coefficient (Wildman–Crippen LogP) is -0.965.